The van der Waals surface area contributed by atoms with Crippen molar-refractivity contribution >= 4 is 12.1 Å². The van der Waals surface area contributed by atoms with Gasteiger partial charge in [0.2, 0.25) is 0 Å². The molecule has 0 bridgehead atoms. The van der Waals surface area contributed by atoms with Gasteiger partial charge in [-0.25, -0.2) is 9.59 Å². The Hall–Kier alpha value is -2.24. The number of amides is 1. The van der Waals surface area contributed by atoms with Gasteiger partial charge >= 0.3 is 12.1 Å². The van der Waals surface area contributed by atoms with E-state index in [4.69, 9.17) is 9.47 Å². The van der Waals surface area contributed by atoms with Crippen molar-refractivity contribution in [2.75, 3.05) is 0 Å². The Morgan fingerprint density at radius 2 is 1.67 bits per heavy atom. The molecule has 0 fully saturated rings. The van der Waals surface area contributed by atoms with E-state index in [1.54, 1.807) is 53.7 Å². The number of alkyl carbamates (subject to hydrolysis) is 1. The van der Waals surface area contributed by atoms with Gasteiger partial charge < -0.3 is 19.9 Å². The predicted octanol–water partition coefficient (Wildman–Crippen LogP) is 3.17. The molecular formula is C18H27NO5. The number of hydrogen-bond acceptors (Lipinski definition) is 5. The molecule has 0 saturated heterocycles. The molecule has 0 radical (unpaired) electrons. The van der Waals surface area contributed by atoms with Crippen LogP contribution in [0.15, 0.2) is 24.3 Å². The topological polar surface area (TPSA) is 84.9 Å². The summed E-state index contributed by atoms with van der Waals surface area (Å²) < 4.78 is 10.6. The highest BCUT2D eigenvalue weighted by Gasteiger charge is 2.28. The molecule has 1 aromatic carbocycles. The van der Waals surface area contributed by atoms with Crippen LogP contribution in [0.1, 0.15) is 47.1 Å². The molecule has 1 atom stereocenters. The van der Waals surface area contributed by atoms with Gasteiger partial charge in [-0.3, -0.25) is 0 Å². The number of hydrogen-bond donors (Lipinski definition) is 2. The lowest BCUT2D eigenvalue weighted by molar-refractivity contribution is -0.157. The van der Waals surface area contributed by atoms with Crippen LogP contribution in [0, 0.1) is 0 Å². The van der Waals surface area contributed by atoms with Crippen LogP contribution in [-0.2, 0) is 20.7 Å². The van der Waals surface area contributed by atoms with Crippen LogP contribution in [0.5, 0.6) is 5.75 Å². The largest absolute Gasteiger partial charge is 0.508 e. The summed E-state index contributed by atoms with van der Waals surface area (Å²) in [6.07, 6.45) is -0.513. The minimum atomic E-state index is -0.916. The molecule has 0 aliphatic carbocycles. The summed E-state index contributed by atoms with van der Waals surface area (Å²) in [6, 6.07) is 5.58. The Kier molecular flexibility index (Phi) is 6.23. The van der Waals surface area contributed by atoms with Crippen molar-refractivity contribution in [3.05, 3.63) is 29.8 Å². The van der Waals surface area contributed by atoms with E-state index in [1.807, 2.05) is 0 Å². The van der Waals surface area contributed by atoms with Gasteiger partial charge in [0.05, 0.1) is 0 Å². The summed E-state index contributed by atoms with van der Waals surface area (Å²) in [5.41, 5.74) is -0.654. The number of ether oxygens (including phenoxy) is 2. The summed E-state index contributed by atoms with van der Waals surface area (Å²) in [4.78, 5) is 24.4. The number of nitrogens with one attached hydrogen (secondary N) is 1. The van der Waals surface area contributed by atoms with E-state index in [0.29, 0.717) is 5.56 Å². The lowest BCUT2D eigenvalue weighted by Crippen LogP contribution is -2.47. The Labute approximate surface area is 143 Å². The molecule has 134 valence electrons. The number of carbonyl (C=O) groups is 2. The lowest BCUT2D eigenvalue weighted by Gasteiger charge is -2.26. The van der Waals surface area contributed by atoms with Crippen molar-refractivity contribution in [1.82, 2.24) is 5.32 Å². The van der Waals surface area contributed by atoms with Crippen molar-refractivity contribution in [1.29, 1.82) is 0 Å². The average Bonchev–Trinajstić information content (AvgIpc) is 2.33. The zero-order chi connectivity index (χ0) is 18.5. The summed E-state index contributed by atoms with van der Waals surface area (Å²) in [7, 11) is 0. The quantitative estimate of drug-likeness (QED) is 0.824. The van der Waals surface area contributed by atoms with Crippen LogP contribution in [0.25, 0.3) is 0 Å². The number of carbonyl (C=O) groups excluding carboxylic acids is 2. The monoisotopic (exact) mass is 337 g/mol. The maximum Gasteiger partial charge on any atom is 0.408 e. The molecule has 0 aliphatic heterocycles. The van der Waals surface area contributed by atoms with Crippen molar-refractivity contribution < 1.29 is 24.2 Å². The summed E-state index contributed by atoms with van der Waals surface area (Å²) in [5, 5.41) is 12.1. The van der Waals surface area contributed by atoms with E-state index >= 15 is 0 Å². The first-order valence-electron chi connectivity index (χ1n) is 7.86. The summed E-state index contributed by atoms with van der Waals surface area (Å²) in [6.45, 7) is 10.5. The van der Waals surface area contributed by atoms with Crippen molar-refractivity contribution in [2.45, 2.75) is 65.2 Å². The standard InChI is InChI=1S/C18H27NO5/c1-17(2,3)23-15(21)14(19-16(22)24-18(4,5)6)11-12-8-7-9-13(20)10-12/h7-10,14,20H,11H2,1-6H3,(H,19,22)/t14-/m0/s1. The second kappa shape index (κ2) is 7.55. The molecule has 0 saturated carbocycles. The molecule has 0 aliphatic rings. The van der Waals surface area contributed by atoms with Gasteiger partial charge in [-0.15, -0.1) is 0 Å². The van der Waals surface area contributed by atoms with Crippen LogP contribution in [0.3, 0.4) is 0 Å². The number of esters is 1. The molecule has 6 nitrogen and oxygen atoms in total. The van der Waals surface area contributed by atoms with E-state index in [0.717, 1.165) is 0 Å². The van der Waals surface area contributed by atoms with Crippen LogP contribution in [0.2, 0.25) is 0 Å². The third-order valence-corrected chi connectivity index (χ3v) is 2.73. The van der Waals surface area contributed by atoms with Gasteiger partial charge in [0, 0.05) is 6.42 Å². The van der Waals surface area contributed by atoms with Crippen LogP contribution in [-0.4, -0.2) is 34.4 Å². The first kappa shape index (κ1) is 19.8. The highest BCUT2D eigenvalue weighted by Crippen LogP contribution is 2.16. The zero-order valence-electron chi connectivity index (χ0n) is 15.2. The van der Waals surface area contributed by atoms with Gasteiger partial charge in [0.25, 0.3) is 0 Å². The van der Waals surface area contributed by atoms with Crippen LogP contribution >= 0.6 is 0 Å². The lowest BCUT2D eigenvalue weighted by atomic mass is 10.1. The molecule has 0 spiro atoms. The highest BCUT2D eigenvalue weighted by atomic mass is 16.6. The molecular weight excluding hydrogens is 310 g/mol. The van der Waals surface area contributed by atoms with Gasteiger partial charge in [0.1, 0.15) is 23.0 Å². The van der Waals surface area contributed by atoms with Crippen LogP contribution in [0.4, 0.5) is 4.79 Å². The van der Waals surface area contributed by atoms with E-state index in [9.17, 15) is 14.7 Å². The van der Waals surface area contributed by atoms with E-state index in [-0.39, 0.29) is 12.2 Å². The number of phenols is 1. The van der Waals surface area contributed by atoms with Crippen molar-refractivity contribution in [2.24, 2.45) is 0 Å². The second-order valence-electron chi connectivity index (χ2n) is 7.61. The number of aromatic hydroxyl groups is 1. The van der Waals surface area contributed by atoms with Gasteiger partial charge in [-0.2, -0.15) is 0 Å². The Morgan fingerprint density at radius 1 is 1.08 bits per heavy atom. The molecule has 0 unspecified atom stereocenters. The minimum Gasteiger partial charge on any atom is -0.508 e. The molecule has 0 heterocycles. The van der Waals surface area contributed by atoms with Gasteiger partial charge in [-0.1, -0.05) is 12.1 Å². The Morgan fingerprint density at radius 3 is 2.17 bits per heavy atom. The number of benzene rings is 1. The minimum absolute atomic E-state index is 0.0905. The summed E-state index contributed by atoms with van der Waals surface area (Å²) >= 11 is 0. The molecule has 6 heteroatoms. The fourth-order valence-corrected chi connectivity index (χ4v) is 1.94. The molecule has 1 rings (SSSR count). The fourth-order valence-electron chi connectivity index (χ4n) is 1.94. The van der Waals surface area contributed by atoms with E-state index in [1.165, 1.54) is 12.1 Å². The Bertz CT molecular complexity index is 584. The average molecular weight is 337 g/mol. The first-order valence-corrected chi connectivity index (χ1v) is 7.86. The second-order valence-corrected chi connectivity index (χ2v) is 7.61. The van der Waals surface area contributed by atoms with E-state index < -0.39 is 29.3 Å². The zero-order valence-corrected chi connectivity index (χ0v) is 15.2. The van der Waals surface area contributed by atoms with E-state index in [2.05, 4.69) is 5.32 Å². The van der Waals surface area contributed by atoms with Crippen molar-refractivity contribution in [3.63, 3.8) is 0 Å². The van der Waals surface area contributed by atoms with Gasteiger partial charge in [0.15, 0.2) is 0 Å². The normalized spacial score (nSPS) is 13.1. The third kappa shape index (κ3) is 7.85. The SMILES string of the molecule is CC(C)(C)OC(=O)N[C@@H](Cc1cccc(O)c1)C(=O)OC(C)(C)C. The van der Waals surface area contributed by atoms with Crippen molar-refractivity contribution in [3.8, 4) is 5.75 Å². The number of rotatable bonds is 4. The van der Waals surface area contributed by atoms with Gasteiger partial charge in [-0.05, 0) is 59.2 Å². The maximum absolute atomic E-state index is 12.4. The summed E-state index contributed by atoms with van der Waals surface area (Å²) in [5.74, 6) is -0.468. The third-order valence-electron chi connectivity index (χ3n) is 2.73. The Balaban J connectivity index is 2.90. The molecule has 1 aromatic rings. The molecule has 1 amide bonds. The number of phenolic OH excluding ortho intramolecular Hbond substituents is 1. The van der Waals surface area contributed by atoms with Crippen LogP contribution < -0.4 is 5.32 Å². The molecule has 2 N–H and O–H groups in total. The first-order chi connectivity index (χ1) is 10.9. The highest BCUT2D eigenvalue weighted by molar-refractivity contribution is 5.82. The maximum atomic E-state index is 12.4. The smallest absolute Gasteiger partial charge is 0.408 e. The molecule has 0 aromatic heterocycles. The molecule has 24 heavy (non-hydrogen) atoms. The fraction of sp³-hybridized carbons (Fsp3) is 0.556. The predicted molar refractivity (Wildman–Crippen MR) is 90.8 cm³/mol.